The van der Waals surface area contributed by atoms with E-state index in [0.29, 0.717) is 43.3 Å². The Bertz CT molecular complexity index is 1010. The monoisotopic (exact) mass is 399 g/mol. The van der Waals surface area contributed by atoms with E-state index < -0.39 is 10.0 Å². The van der Waals surface area contributed by atoms with E-state index in [1.165, 1.54) is 0 Å². The number of amidine groups is 1. The third-order valence-electron chi connectivity index (χ3n) is 4.83. The number of carbonyl (C=O) groups excluding carboxylic acids is 1. The molecule has 9 heteroatoms. The first-order chi connectivity index (χ1) is 13.5. The highest BCUT2D eigenvalue weighted by atomic mass is 32.2. The molecule has 2 aliphatic heterocycles. The van der Waals surface area contributed by atoms with Gasteiger partial charge in [0.05, 0.1) is 17.8 Å². The summed E-state index contributed by atoms with van der Waals surface area (Å²) in [7, 11) is -3.68. The lowest BCUT2D eigenvalue weighted by molar-refractivity contribution is 0.0762. The fraction of sp³-hybridized carbons (Fsp3) is 0.316. The van der Waals surface area contributed by atoms with E-state index in [2.05, 4.69) is 19.6 Å². The van der Waals surface area contributed by atoms with Crippen molar-refractivity contribution in [2.24, 2.45) is 4.40 Å². The molecule has 2 aliphatic rings. The van der Waals surface area contributed by atoms with Gasteiger partial charge in [-0.05, 0) is 30.7 Å². The summed E-state index contributed by atoms with van der Waals surface area (Å²) >= 11 is 0. The van der Waals surface area contributed by atoms with Gasteiger partial charge in [0.2, 0.25) is 0 Å². The van der Waals surface area contributed by atoms with Gasteiger partial charge in [-0.25, -0.2) is 0 Å². The maximum absolute atomic E-state index is 12.6. The zero-order chi connectivity index (χ0) is 19.6. The minimum absolute atomic E-state index is 0.0282. The van der Waals surface area contributed by atoms with E-state index in [-0.39, 0.29) is 10.8 Å². The molecule has 1 aromatic carbocycles. The first-order valence-corrected chi connectivity index (χ1v) is 10.6. The van der Waals surface area contributed by atoms with Crippen molar-refractivity contribution in [1.29, 1.82) is 0 Å². The summed E-state index contributed by atoms with van der Waals surface area (Å²) < 4.78 is 28.7. The van der Waals surface area contributed by atoms with Crippen LogP contribution in [0.25, 0.3) is 0 Å². The second-order valence-electron chi connectivity index (χ2n) is 6.80. The Morgan fingerprint density at radius 1 is 1.07 bits per heavy atom. The molecule has 0 radical (unpaired) electrons. The van der Waals surface area contributed by atoms with E-state index in [1.54, 1.807) is 48.8 Å². The highest BCUT2D eigenvalue weighted by Gasteiger charge is 2.26. The molecule has 0 bridgehead atoms. The van der Waals surface area contributed by atoms with Crippen LogP contribution in [0.3, 0.4) is 0 Å². The molecule has 0 spiro atoms. The second kappa shape index (κ2) is 7.69. The number of carbonyl (C=O) groups is 1. The van der Waals surface area contributed by atoms with Crippen LogP contribution in [0.1, 0.15) is 16.8 Å². The van der Waals surface area contributed by atoms with Gasteiger partial charge in [-0.1, -0.05) is 12.1 Å². The summed E-state index contributed by atoms with van der Waals surface area (Å²) in [5.41, 5.74) is 1.13. The standard InChI is InChI=1S/C19H21N5O3S/c25-19(15-5-3-8-20-13-15)24-10-4-9-23(11-12-24)14-18-21-16-6-1-2-7-17(16)28(26,27)22-18/h1-3,5-8,13H,4,9-12,14H2,(H,21,22). The first kappa shape index (κ1) is 18.6. The molecular formula is C19H21N5O3S. The van der Waals surface area contributed by atoms with Crippen LogP contribution in [-0.2, 0) is 10.0 Å². The predicted molar refractivity (Wildman–Crippen MR) is 106 cm³/mol. The lowest BCUT2D eigenvalue weighted by Crippen LogP contribution is -2.39. The van der Waals surface area contributed by atoms with Gasteiger partial charge in [-0.2, -0.15) is 8.42 Å². The molecule has 2 aromatic rings. The van der Waals surface area contributed by atoms with Gasteiger partial charge < -0.3 is 10.2 Å². The average Bonchev–Trinajstić information content (AvgIpc) is 2.93. The van der Waals surface area contributed by atoms with Crippen LogP contribution < -0.4 is 5.32 Å². The quantitative estimate of drug-likeness (QED) is 0.839. The SMILES string of the molecule is O=C(c1cccnc1)N1CCCN(CC2=NS(=O)(=O)c3ccccc3N2)CC1. The number of fused-ring (bicyclic) bond motifs is 1. The van der Waals surface area contributed by atoms with Gasteiger partial charge in [-0.15, -0.1) is 4.40 Å². The maximum atomic E-state index is 12.6. The van der Waals surface area contributed by atoms with Gasteiger partial charge >= 0.3 is 0 Å². The van der Waals surface area contributed by atoms with E-state index in [4.69, 9.17) is 0 Å². The Morgan fingerprint density at radius 2 is 1.93 bits per heavy atom. The molecule has 0 saturated carbocycles. The molecule has 28 heavy (non-hydrogen) atoms. The number of pyridine rings is 1. The normalized spacial score (nSPS) is 19.1. The molecule has 1 N–H and O–H groups in total. The van der Waals surface area contributed by atoms with Gasteiger partial charge in [0, 0.05) is 38.6 Å². The number of aromatic nitrogens is 1. The number of hydrogen-bond donors (Lipinski definition) is 1. The summed E-state index contributed by atoms with van der Waals surface area (Å²) in [6.07, 6.45) is 4.03. The van der Waals surface area contributed by atoms with Gasteiger partial charge in [-0.3, -0.25) is 14.7 Å². The summed E-state index contributed by atoms with van der Waals surface area (Å²) in [6, 6.07) is 10.3. The van der Waals surface area contributed by atoms with Crippen molar-refractivity contribution in [3.05, 3.63) is 54.4 Å². The number of rotatable bonds is 3. The molecular weight excluding hydrogens is 378 g/mol. The molecule has 8 nitrogen and oxygen atoms in total. The highest BCUT2D eigenvalue weighted by Crippen LogP contribution is 2.26. The number of para-hydroxylation sites is 1. The Labute approximate surface area is 164 Å². The smallest absolute Gasteiger partial charge is 0.286 e. The number of benzene rings is 1. The van der Waals surface area contributed by atoms with E-state index in [9.17, 15) is 13.2 Å². The minimum atomic E-state index is -3.68. The fourth-order valence-electron chi connectivity index (χ4n) is 3.45. The van der Waals surface area contributed by atoms with E-state index >= 15 is 0 Å². The molecule has 3 heterocycles. The molecule has 0 aliphatic carbocycles. The van der Waals surface area contributed by atoms with Crippen LogP contribution in [0.15, 0.2) is 58.1 Å². The molecule has 1 fully saturated rings. The molecule has 0 atom stereocenters. The van der Waals surface area contributed by atoms with Gasteiger partial charge in [0.25, 0.3) is 15.9 Å². The number of hydrogen-bond acceptors (Lipinski definition) is 6. The third kappa shape index (κ3) is 3.90. The fourth-order valence-corrected chi connectivity index (χ4v) is 4.59. The lowest BCUT2D eigenvalue weighted by atomic mass is 10.2. The van der Waals surface area contributed by atoms with Crippen molar-refractivity contribution in [2.75, 3.05) is 38.0 Å². The van der Waals surface area contributed by atoms with Crippen molar-refractivity contribution in [3.8, 4) is 0 Å². The number of amides is 1. The molecule has 4 rings (SSSR count). The van der Waals surface area contributed by atoms with Crippen LogP contribution in [-0.4, -0.2) is 67.7 Å². The molecule has 1 aromatic heterocycles. The van der Waals surface area contributed by atoms with Gasteiger partial charge in [0.1, 0.15) is 10.7 Å². The number of nitrogens with one attached hydrogen (secondary N) is 1. The number of anilines is 1. The average molecular weight is 399 g/mol. The van der Waals surface area contributed by atoms with Crippen LogP contribution in [0, 0.1) is 0 Å². The summed E-state index contributed by atoms with van der Waals surface area (Å²) in [6.45, 7) is 3.03. The second-order valence-corrected chi connectivity index (χ2v) is 8.37. The van der Waals surface area contributed by atoms with Crippen molar-refractivity contribution >= 4 is 27.5 Å². The molecule has 146 valence electrons. The first-order valence-electron chi connectivity index (χ1n) is 9.14. The van der Waals surface area contributed by atoms with Gasteiger partial charge in [0.15, 0.2) is 0 Å². The van der Waals surface area contributed by atoms with Crippen LogP contribution >= 0.6 is 0 Å². The minimum Gasteiger partial charge on any atom is -0.341 e. The summed E-state index contributed by atoms with van der Waals surface area (Å²) in [4.78, 5) is 20.8. The third-order valence-corrected chi connectivity index (χ3v) is 6.20. The Balaban J connectivity index is 1.42. The summed E-state index contributed by atoms with van der Waals surface area (Å²) in [5.74, 6) is 0.380. The zero-order valence-corrected chi connectivity index (χ0v) is 16.1. The molecule has 1 amide bonds. The van der Waals surface area contributed by atoms with Crippen LogP contribution in [0.4, 0.5) is 5.69 Å². The molecule has 0 unspecified atom stereocenters. The van der Waals surface area contributed by atoms with Crippen LogP contribution in [0.5, 0.6) is 0 Å². The van der Waals surface area contributed by atoms with E-state index in [0.717, 1.165) is 13.0 Å². The largest absolute Gasteiger partial charge is 0.341 e. The number of sulfonamides is 1. The van der Waals surface area contributed by atoms with Crippen molar-refractivity contribution in [3.63, 3.8) is 0 Å². The number of nitrogens with zero attached hydrogens (tertiary/aromatic N) is 4. The zero-order valence-electron chi connectivity index (χ0n) is 15.3. The van der Waals surface area contributed by atoms with E-state index in [1.807, 2.05) is 4.90 Å². The Kier molecular flexibility index (Phi) is 5.10. The van der Waals surface area contributed by atoms with Crippen molar-refractivity contribution < 1.29 is 13.2 Å². The Hall–Kier alpha value is -2.78. The lowest BCUT2D eigenvalue weighted by Gasteiger charge is -2.24. The van der Waals surface area contributed by atoms with Crippen LogP contribution in [0.2, 0.25) is 0 Å². The highest BCUT2D eigenvalue weighted by molar-refractivity contribution is 7.90. The predicted octanol–water partition coefficient (Wildman–Crippen LogP) is 1.44. The topological polar surface area (TPSA) is 95.0 Å². The maximum Gasteiger partial charge on any atom is 0.286 e. The summed E-state index contributed by atoms with van der Waals surface area (Å²) in [5, 5.41) is 3.12. The van der Waals surface area contributed by atoms with Crippen molar-refractivity contribution in [1.82, 2.24) is 14.8 Å². The molecule has 1 saturated heterocycles. The Morgan fingerprint density at radius 3 is 2.75 bits per heavy atom. The van der Waals surface area contributed by atoms with Crippen molar-refractivity contribution in [2.45, 2.75) is 11.3 Å².